The van der Waals surface area contributed by atoms with Gasteiger partial charge in [0.15, 0.2) is 0 Å². The lowest BCUT2D eigenvalue weighted by molar-refractivity contribution is -0.139. The van der Waals surface area contributed by atoms with E-state index in [0.717, 1.165) is 68.2 Å². The molecule has 0 saturated carbocycles. The van der Waals surface area contributed by atoms with Crippen LogP contribution in [0.2, 0.25) is 0 Å². The van der Waals surface area contributed by atoms with E-state index in [1.54, 1.807) is 36.4 Å². The third-order valence-electron chi connectivity index (χ3n) is 8.29. The number of rotatable bonds is 22. The Labute approximate surface area is 290 Å². The molecule has 8 nitrogen and oxygen atoms in total. The van der Waals surface area contributed by atoms with Gasteiger partial charge in [0.1, 0.15) is 23.4 Å². The van der Waals surface area contributed by atoms with Crippen LogP contribution in [0.5, 0.6) is 17.2 Å². The van der Waals surface area contributed by atoms with Crippen LogP contribution in [-0.2, 0) is 19.1 Å². The third kappa shape index (κ3) is 13.3. The van der Waals surface area contributed by atoms with Crippen LogP contribution in [0.3, 0.4) is 0 Å². The van der Waals surface area contributed by atoms with Crippen LogP contribution in [0.4, 0.5) is 0 Å². The number of hydrogen-bond acceptors (Lipinski definition) is 8. The maximum atomic E-state index is 12.7. The molecule has 4 rings (SSSR count). The van der Waals surface area contributed by atoms with E-state index in [-0.39, 0.29) is 18.0 Å². The van der Waals surface area contributed by atoms with Gasteiger partial charge in [-0.1, -0.05) is 75.9 Å². The van der Waals surface area contributed by atoms with Crippen molar-refractivity contribution in [1.29, 1.82) is 0 Å². The molecule has 1 unspecified atom stereocenters. The zero-order valence-electron chi connectivity index (χ0n) is 28.4. The summed E-state index contributed by atoms with van der Waals surface area (Å²) >= 11 is 0. The maximum Gasteiger partial charge on any atom is 0.343 e. The van der Waals surface area contributed by atoms with Crippen molar-refractivity contribution >= 4 is 17.9 Å². The molecule has 0 aromatic heterocycles. The van der Waals surface area contributed by atoms with Gasteiger partial charge in [-0.25, -0.2) is 14.4 Å². The summed E-state index contributed by atoms with van der Waals surface area (Å²) in [5.74, 6) is 0.931. The molecule has 0 radical (unpaired) electrons. The monoisotopic (exact) mass is 668 g/mol. The van der Waals surface area contributed by atoms with Crippen LogP contribution < -0.4 is 14.2 Å². The molecule has 3 aromatic rings. The largest absolute Gasteiger partial charge is 0.494 e. The molecule has 0 N–H and O–H groups in total. The van der Waals surface area contributed by atoms with Crippen molar-refractivity contribution in [2.45, 2.75) is 83.2 Å². The molecule has 0 aliphatic carbocycles. The van der Waals surface area contributed by atoms with Gasteiger partial charge in [-0.15, -0.1) is 0 Å². The highest BCUT2D eigenvalue weighted by atomic mass is 16.6. The van der Waals surface area contributed by atoms with Gasteiger partial charge in [-0.2, -0.15) is 0 Å². The molecule has 260 valence electrons. The molecule has 0 spiro atoms. The normalized spacial score (nSPS) is 13.8. The number of unbranched alkanes of at least 4 members (excludes halogenated alkanes) is 8. The van der Waals surface area contributed by atoms with Crippen molar-refractivity contribution in [3.63, 3.8) is 0 Å². The summed E-state index contributed by atoms with van der Waals surface area (Å²) < 4.78 is 27.5. The molecular weight excluding hydrogens is 620 g/mol. The van der Waals surface area contributed by atoms with E-state index < -0.39 is 5.97 Å². The lowest BCUT2D eigenvalue weighted by Gasteiger charge is -2.10. The van der Waals surface area contributed by atoms with Crippen molar-refractivity contribution in [3.8, 4) is 28.4 Å². The van der Waals surface area contributed by atoms with Crippen LogP contribution in [0.25, 0.3) is 11.1 Å². The van der Waals surface area contributed by atoms with Crippen LogP contribution in [0, 0.1) is 0 Å². The Kier molecular flexibility index (Phi) is 15.5. The molecule has 1 heterocycles. The Balaban J connectivity index is 1.07. The summed E-state index contributed by atoms with van der Waals surface area (Å²) in [6.07, 6.45) is 13.2. The molecule has 1 aliphatic rings. The number of benzene rings is 3. The SMILES string of the molecule is C=CC(=O)OCCCCCCCCCCOc1ccc(-c2ccc(OC(=O)c3ccc(OCCCCC4CC(=C)C(=O)O4)cc3)cc2)cc1. The van der Waals surface area contributed by atoms with Gasteiger partial charge in [0, 0.05) is 18.1 Å². The van der Waals surface area contributed by atoms with Crippen LogP contribution in [0.1, 0.15) is 87.4 Å². The molecule has 0 amide bonds. The summed E-state index contributed by atoms with van der Waals surface area (Å²) in [7, 11) is 0. The van der Waals surface area contributed by atoms with E-state index in [1.165, 1.54) is 25.3 Å². The number of ether oxygens (including phenoxy) is 5. The standard InChI is InChI=1S/C41H48O8/c1-3-39(42)47-29-12-9-7-5-4-6-8-11-27-45-35-21-15-32(16-22-35)33-17-25-37(26-18-33)48-41(44)34-19-23-36(24-20-34)46-28-13-10-14-38-30-31(2)40(43)49-38/h3,15-26,38H,1-2,4-14,27-30H2. The third-order valence-corrected chi connectivity index (χ3v) is 8.29. The zero-order chi connectivity index (χ0) is 34.7. The van der Waals surface area contributed by atoms with Crippen LogP contribution >= 0.6 is 0 Å². The fraction of sp³-hybridized carbons (Fsp3) is 0.390. The second-order valence-electron chi connectivity index (χ2n) is 12.2. The first-order valence-electron chi connectivity index (χ1n) is 17.4. The van der Waals surface area contributed by atoms with Crippen molar-refractivity contribution in [3.05, 3.63) is 103 Å². The van der Waals surface area contributed by atoms with Crippen LogP contribution in [0.15, 0.2) is 97.6 Å². The van der Waals surface area contributed by atoms with Crippen molar-refractivity contribution in [2.75, 3.05) is 19.8 Å². The predicted octanol–water partition coefficient (Wildman–Crippen LogP) is 9.22. The Hall–Kier alpha value is -4.85. The second kappa shape index (κ2) is 20.5. The summed E-state index contributed by atoms with van der Waals surface area (Å²) in [5.41, 5.74) is 3.05. The van der Waals surface area contributed by atoms with Gasteiger partial charge in [-0.3, -0.25) is 0 Å². The number of carbonyl (C=O) groups excluding carboxylic acids is 3. The van der Waals surface area contributed by atoms with E-state index in [0.29, 0.717) is 48.9 Å². The lowest BCUT2D eigenvalue weighted by atomic mass is 10.1. The molecule has 1 saturated heterocycles. The summed E-state index contributed by atoms with van der Waals surface area (Å²) in [6, 6.07) is 22.4. The zero-order valence-corrected chi connectivity index (χ0v) is 28.4. The minimum atomic E-state index is -0.436. The average Bonchev–Trinajstić information content (AvgIpc) is 3.45. The summed E-state index contributed by atoms with van der Waals surface area (Å²) in [5, 5.41) is 0. The van der Waals surface area contributed by atoms with E-state index in [2.05, 4.69) is 13.2 Å². The number of esters is 3. The van der Waals surface area contributed by atoms with E-state index in [1.807, 2.05) is 36.4 Å². The fourth-order valence-electron chi connectivity index (χ4n) is 5.46. The first kappa shape index (κ1) is 37.0. The van der Waals surface area contributed by atoms with Crippen molar-refractivity contribution in [1.82, 2.24) is 0 Å². The number of cyclic esters (lactones) is 1. The molecular formula is C41H48O8. The number of hydrogen-bond donors (Lipinski definition) is 0. The summed E-state index contributed by atoms with van der Waals surface area (Å²) in [6.45, 7) is 8.81. The smallest absolute Gasteiger partial charge is 0.343 e. The van der Waals surface area contributed by atoms with E-state index in [9.17, 15) is 14.4 Å². The van der Waals surface area contributed by atoms with Crippen molar-refractivity contribution < 1.29 is 38.1 Å². The summed E-state index contributed by atoms with van der Waals surface area (Å²) in [4.78, 5) is 35.1. The molecule has 1 atom stereocenters. The Bertz CT molecular complexity index is 1480. The fourth-order valence-corrected chi connectivity index (χ4v) is 5.46. The molecule has 1 aliphatic heterocycles. The predicted molar refractivity (Wildman–Crippen MR) is 190 cm³/mol. The average molecular weight is 669 g/mol. The highest BCUT2D eigenvalue weighted by Gasteiger charge is 2.26. The molecule has 1 fully saturated rings. The molecule has 49 heavy (non-hydrogen) atoms. The van der Waals surface area contributed by atoms with Gasteiger partial charge in [0.25, 0.3) is 0 Å². The van der Waals surface area contributed by atoms with Gasteiger partial charge in [-0.05, 0) is 91.8 Å². The first-order valence-corrected chi connectivity index (χ1v) is 17.4. The highest BCUT2D eigenvalue weighted by Crippen LogP contribution is 2.26. The number of carbonyl (C=O) groups is 3. The van der Waals surface area contributed by atoms with E-state index in [4.69, 9.17) is 23.7 Å². The first-order chi connectivity index (χ1) is 23.9. The van der Waals surface area contributed by atoms with Gasteiger partial charge < -0.3 is 23.7 Å². The quantitative estimate of drug-likeness (QED) is 0.0452. The topological polar surface area (TPSA) is 97.4 Å². The minimum Gasteiger partial charge on any atom is -0.494 e. The lowest BCUT2D eigenvalue weighted by Crippen LogP contribution is -2.08. The minimum absolute atomic E-state index is 0.0669. The van der Waals surface area contributed by atoms with Gasteiger partial charge in [0.05, 0.1) is 25.4 Å². The molecule has 3 aromatic carbocycles. The van der Waals surface area contributed by atoms with E-state index >= 15 is 0 Å². The highest BCUT2D eigenvalue weighted by molar-refractivity contribution is 5.91. The Morgan fingerprint density at radius 1 is 0.673 bits per heavy atom. The Morgan fingerprint density at radius 2 is 1.16 bits per heavy atom. The Morgan fingerprint density at radius 3 is 1.69 bits per heavy atom. The maximum absolute atomic E-state index is 12.7. The van der Waals surface area contributed by atoms with Gasteiger partial charge >= 0.3 is 17.9 Å². The van der Waals surface area contributed by atoms with Crippen molar-refractivity contribution in [2.24, 2.45) is 0 Å². The van der Waals surface area contributed by atoms with Gasteiger partial charge in [0.2, 0.25) is 0 Å². The second-order valence-corrected chi connectivity index (χ2v) is 12.2. The van der Waals surface area contributed by atoms with Crippen LogP contribution in [-0.4, -0.2) is 43.8 Å². The molecule has 0 bridgehead atoms. The molecule has 8 heteroatoms.